The molecule has 1 aromatic carbocycles. The number of thiazole rings is 1. The predicted octanol–water partition coefficient (Wildman–Crippen LogP) is 4.14. The first-order valence-corrected chi connectivity index (χ1v) is 8.80. The SMILES string of the molecule is CNC(CSc1cccc(Br)c1)Cc1nc(C)cs1. The van der Waals surface area contributed by atoms with E-state index in [1.807, 2.05) is 25.7 Å². The van der Waals surface area contributed by atoms with Gasteiger partial charge < -0.3 is 5.32 Å². The number of hydrogen-bond acceptors (Lipinski definition) is 4. The summed E-state index contributed by atoms with van der Waals surface area (Å²) in [4.78, 5) is 5.83. The lowest BCUT2D eigenvalue weighted by molar-refractivity contribution is 0.615. The van der Waals surface area contributed by atoms with Gasteiger partial charge in [0.15, 0.2) is 0 Å². The fourth-order valence-electron chi connectivity index (χ4n) is 1.71. The van der Waals surface area contributed by atoms with Crippen molar-refractivity contribution in [3.8, 4) is 0 Å². The van der Waals surface area contributed by atoms with Gasteiger partial charge in [0.2, 0.25) is 0 Å². The molecule has 0 saturated carbocycles. The van der Waals surface area contributed by atoms with Crippen LogP contribution in [0.15, 0.2) is 39.0 Å². The molecule has 102 valence electrons. The minimum atomic E-state index is 0.453. The highest BCUT2D eigenvalue weighted by Crippen LogP contribution is 2.23. The number of hydrogen-bond donors (Lipinski definition) is 1. The monoisotopic (exact) mass is 356 g/mol. The molecule has 0 radical (unpaired) electrons. The molecular formula is C14H17BrN2S2. The zero-order valence-electron chi connectivity index (χ0n) is 11.0. The molecule has 1 N–H and O–H groups in total. The second kappa shape index (κ2) is 7.43. The Morgan fingerprint density at radius 1 is 1.47 bits per heavy atom. The van der Waals surface area contributed by atoms with E-state index in [-0.39, 0.29) is 0 Å². The van der Waals surface area contributed by atoms with E-state index in [2.05, 4.69) is 55.9 Å². The van der Waals surface area contributed by atoms with Crippen LogP contribution < -0.4 is 5.32 Å². The van der Waals surface area contributed by atoms with Crippen molar-refractivity contribution in [2.24, 2.45) is 0 Å². The zero-order chi connectivity index (χ0) is 13.7. The Balaban J connectivity index is 1.89. The summed E-state index contributed by atoms with van der Waals surface area (Å²) in [6.45, 7) is 2.05. The number of likely N-dealkylation sites (N-methyl/N-ethyl adjacent to an activating group) is 1. The minimum Gasteiger partial charge on any atom is -0.316 e. The lowest BCUT2D eigenvalue weighted by Gasteiger charge is -2.14. The first kappa shape index (κ1) is 15.0. The summed E-state index contributed by atoms with van der Waals surface area (Å²) in [5.74, 6) is 1.05. The molecule has 0 amide bonds. The normalized spacial score (nSPS) is 12.6. The highest BCUT2D eigenvalue weighted by Gasteiger charge is 2.10. The highest BCUT2D eigenvalue weighted by atomic mass is 79.9. The van der Waals surface area contributed by atoms with Crippen molar-refractivity contribution >= 4 is 39.0 Å². The quantitative estimate of drug-likeness (QED) is 0.787. The number of aryl methyl sites for hydroxylation is 1. The van der Waals surface area contributed by atoms with Gasteiger partial charge in [-0.05, 0) is 32.2 Å². The van der Waals surface area contributed by atoms with Crippen molar-refractivity contribution < 1.29 is 0 Å². The van der Waals surface area contributed by atoms with Gasteiger partial charge in [-0.25, -0.2) is 4.98 Å². The molecule has 1 heterocycles. The number of benzene rings is 1. The van der Waals surface area contributed by atoms with Gasteiger partial charge in [-0.2, -0.15) is 0 Å². The molecule has 2 aromatic rings. The lowest BCUT2D eigenvalue weighted by atomic mass is 10.2. The maximum atomic E-state index is 4.53. The van der Waals surface area contributed by atoms with Gasteiger partial charge in [-0.1, -0.05) is 22.0 Å². The molecule has 0 spiro atoms. The number of rotatable bonds is 6. The van der Waals surface area contributed by atoms with Gasteiger partial charge in [0, 0.05) is 38.7 Å². The summed E-state index contributed by atoms with van der Waals surface area (Å²) in [6, 6.07) is 8.89. The van der Waals surface area contributed by atoms with Crippen LogP contribution in [0.4, 0.5) is 0 Å². The Hall–Kier alpha value is -0.360. The maximum absolute atomic E-state index is 4.53. The lowest BCUT2D eigenvalue weighted by Crippen LogP contribution is -2.30. The zero-order valence-corrected chi connectivity index (χ0v) is 14.2. The van der Waals surface area contributed by atoms with Crippen molar-refractivity contribution in [3.63, 3.8) is 0 Å². The van der Waals surface area contributed by atoms with Gasteiger partial charge in [0.05, 0.1) is 5.01 Å². The smallest absolute Gasteiger partial charge is 0.0943 e. The van der Waals surface area contributed by atoms with E-state index in [0.29, 0.717) is 6.04 Å². The molecule has 0 aliphatic carbocycles. The first-order valence-electron chi connectivity index (χ1n) is 6.14. The van der Waals surface area contributed by atoms with E-state index < -0.39 is 0 Å². The van der Waals surface area contributed by atoms with E-state index >= 15 is 0 Å². The van der Waals surface area contributed by atoms with Crippen molar-refractivity contribution in [2.45, 2.75) is 24.3 Å². The minimum absolute atomic E-state index is 0.453. The van der Waals surface area contributed by atoms with E-state index in [4.69, 9.17) is 0 Å². The summed E-state index contributed by atoms with van der Waals surface area (Å²) in [5, 5.41) is 6.71. The Labute approximate surface area is 131 Å². The molecule has 0 bridgehead atoms. The van der Waals surface area contributed by atoms with Crippen LogP contribution in [0.2, 0.25) is 0 Å². The van der Waals surface area contributed by atoms with Crippen LogP contribution in [0.25, 0.3) is 0 Å². The maximum Gasteiger partial charge on any atom is 0.0943 e. The van der Waals surface area contributed by atoms with E-state index in [0.717, 1.165) is 22.3 Å². The molecule has 5 heteroatoms. The molecule has 1 atom stereocenters. The van der Waals surface area contributed by atoms with Gasteiger partial charge in [-0.3, -0.25) is 0 Å². The Bertz CT molecular complexity index is 528. The topological polar surface area (TPSA) is 24.9 Å². The molecule has 0 aliphatic heterocycles. The van der Waals surface area contributed by atoms with Crippen molar-refractivity contribution in [2.75, 3.05) is 12.8 Å². The first-order chi connectivity index (χ1) is 9.17. The summed E-state index contributed by atoms with van der Waals surface area (Å²) in [5.41, 5.74) is 1.12. The third-order valence-electron chi connectivity index (χ3n) is 2.74. The average Bonchev–Trinajstić information content (AvgIpc) is 2.80. The number of halogens is 1. The van der Waals surface area contributed by atoms with Crippen molar-refractivity contribution in [3.05, 3.63) is 44.8 Å². The molecule has 0 aliphatic rings. The summed E-state index contributed by atoms with van der Waals surface area (Å²) in [6.07, 6.45) is 0.996. The Kier molecular flexibility index (Phi) is 5.88. The van der Waals surface area contributed by atoms with E-state index in [9.17, 15) is 0 Å². The third-order valence-corrected chi connectivity index (χ3v) is 5.38. The van der Waals surface area contributed by atoms with Crippen LogP contribution in [0.1, 0.15) is 10.7 Å². The number of thioether (sulfide) groups is 1. The fraction of sp³-hybridized carbons (Fsp3) is 0.357. The molecule has 1 aromatic heterocycles. The van der Waals surface area contributed by atoms with Crippen molar-refractivity contribution in [1.82, 2.24) is 10.3 Å². The van der Waals surface area contributed by atoms with Crippen LogP contribution in [-0.4, -0.2) is 23.8 Å². The third kappa shape index (κ3) is 4.91. The molecule has 0 fully saturated rings. The predicted molar refractivity (Wildman–Crippen MR) is 88.3 cm³/mol. The summed E-state index contributed by atoms with van der Waals surface area (Å²) >= 11 is 7.13. The second-order valence-electron chi connectivity index (χ2n) is 4.34. The van der Waals surface area contributed by atoms with Gasteiger partial charge in [0.1, 0.15) is 0 Å². The molecule has 19 heavy (non-hydrogen) atoms. The van der Waals surface area contributed by atoms with Crippen LogP contribution in [0.3, 0.4) is 0 Å². The van der Waals surface area contributed by atoms with Crippen molar-refractivity contribution in [1.29, 1.82) is 0 Å². The number of aromatic nitrogens is 1. The average molecular weight is 357 g/mol. The standard InChI is InChI=1S/C14H17BrN2S2/c1-10-8-19-14(17-10)7-12(16-2)9-18-13-5-3-4-11(15)6-13/h3-6,8,12,16H,7,9H2,1-2H3. The van der Waals surface area contributed by atoms with Gasteiger partial charge >= 0.3 is 0 Å². The van der Waals surface area contributed by atoms with Gasteiger partial charge in [0.25, 0.3) is 0 Å². The summed E-state index contributed by atoms with van der Waals surface area (Å²) < 4.78 is 1.13. The fourth-order valence-corrected chi connectivity index (χ4v) is 4.17. The molecule has 1 unspecified atom stereocenters. The largest absolute Gasteiger partial charge is 0.316 e. The second-order valence-corrected chi connectivity index (χ2v) is 7.29. The number of nitrogens with zero attached hydrogens (tertiary/aromatic N) is 1. The summed E-state index contributed by atoms with van der Waals surface area (Å²) in [7, 11) is 2.02. The molecule has 2 nitrogen and oxygen atoms in total. The molecular weight excluding hydrogens is 340 g/mol. The Morgan fingerprint density at radius 3 is 2.95 bits per heavy atom. The van der Waals surface area contributed by atoms with Gasteiger partial charge in [-0.15, -0.1) is 23.1 Å². The van der Waals surface area contributed by atoms with E-state index in [1.165, 1.54) is 9.90 Å². The van der Waals surface area contributed by atoms with Crippen LogP contribution >= 0.6 is 39.0 Å². The Morgan fingerprint density at radius 2 is 2.32 bits per heavy atom. The molecule has 2 rings (SSSR count). The molecule has 0 saturated heterocycles. The van der Waals surface area contributed by atoms with Crippen LogP contribution in [-0.2, 0) is 6.42 Å². The van der Waals surface area contributed by atoms with E-state index in [1.54, 1.807) is 11.3 Å². The number of nitrogens with one attached hydrogen (secondary N) is 1. The van der Waals surface area contributed by atoms with Crippen LogP contribution in [0, 0.1) is 6.92 Å². The highest BCUT2D eigenvalue weighted by molar-refractivity contribution is 9.10. The van der Waals surface area contributed by atoms with Crippen LogP contribution in [0.5, 0.6) is 0 Å².